The van der Waals surface area contributed by atoms with Gasteiger partial charge in [0, 0.05) is 24.9 Å². The molecule has 1 saturated heterocycles. The van der Waals surface area contributed by atoms with E-state index < -0.39 is 0 Å². The molecule has 3 rings (SSSR count). The van der Waals surface area contributed by atoms with Crippen molar-refractivity contribution in [2.24, 2.45) is 5.92 Å². The molecular weight excluding hydrogens is 338 g/mol. The highest BCUT2D eigenvalue weighted by Gasteiger charge is 2.40. The zero-order chi connectivity index (χ0) is 14.3. The van der Waals surface area contributed by atoms with E-state index in [0.29, 0.717) is 12.2 Å². The number of rotatable bonds is 2. The Labute approximate surface area is 131 Å². The third kappa shape index (κ3) is 2.46. The van der Waals surface area contributed by atoms with Crippen molar-refractivity contribution >= 4 is 39.0 Å². The maximum Gasteiger partial charge on any atom is 0.264 e. The number of ketones is 1. The number of carbonyl (C=O) groups is 2. The first-order valence-corrected chi connectivity index (χ1v) is 8.78. The summed E-state index contributed by atoms with van der Waals surface area (Å²) in [6.45, 7) is 2.79. The molecule has 0 N–H and O–H groups in total. The normalized spacial score (nSPS) is 26.5. The van der Waals surface area contributed by atoms with Gasteiger partial charge in [0.25, 0.3) is 5.91 Å². The third-order valence-corrected chi connectivity index (χ3v) is 6.57. The molecule has 1 saturated carbocycles. The highest BCUT2D eigenvalue weighted by Crippen LogP contribution is 2.35. The quantitative estimate of drug-likeness (QED) is 0.809. The minimum Gasteiger partial charge on any atom is -0.334 e. The van der Waals surface area contributed by atoms with E-state index in [2.05, 4.69) is 15.9 Å². The Morgan fingerprint density at radius 2 is 2.20 bits per heavy atom. The Kier molecular flexibility index (Phi) is 4.00. The van der Waals surface area contributed by atoms with Crippen LogP contribution in [0.2, 0.25) is 0 Å². The van der Waals surface area contributed by atoms with Crippen LogP contribution in [-0.4, -0.2) is 29.2 Å². The van der Waals surface area contributed by atoms with Crippen LogP contribution in [0.5, 0.6) is 0 Å². The molecule has 2 fully saturated rings. The first-order valence-electron chi connectivity index (χ1n) is 7.17. The van der Waals surface area contributed by atoms with Crippen LogP contribution in [0.3, 0.4) is 0 Å². The van der Waals surface area contributed by atoms with Gasteiger partial charge in [-0.2, -0.15) is 0 Å². The van der Waals surface area contributed by atoms with Crippen molar-refractivity contribution in [3.8, 4) is 0 Å². The van der Waals surface area contributed by atoms with Gasteiger partial charge in [0.15, 0.2) is 0 Å². The number of nitrogens with zero attached hydrogens (tertiary/aromatic N) is 1. The van der Waals surface area contributed by atoms with Crippen LogP contribution in [0.25, 0.3) is 0 Å². The van der Waals surface area contributed by atoms with Gasteiger partial charge in [-0.3, -0.25) is 9.59 Å². The summed E-state index contributed by atoms with van der Waals surface area (Å²) < 4.78 is 1.02. The molecule has 108 valence electrons. The summed E-state index contributed by atoms with van der Waals surface area (Å²) in [5.74, 6) is 0.551. The molecule has 0 bridgehead atoms. The molecule has 3 nitrogen and oxygen atoms in total. The van der Waals surface area contributed by atoms with Gasteiger partial charge < -0.3 is 4.90 Å². The van der Waals surface area contributed by atoms with Gasteiger partial charge in [-0.25, -0.2) is 0 Å². The lowest BCUT2D eigenvalue weighted by Gasteiger charge is -2.28. The molecule has 2 heterocycles. The highest BCUT2D eigenvalue weighted by atomic mass is 79.9. The predicted molar refractivity (Wildman–Crippen MR) is 83.2 cm³/mol. The molecule has 0 radical (unpaired) electrons. The maximum atomic E-state index is 12.7. The Bertz CT molecular complexity index is 535. The average molecular weight is 356 g/mol. The van der Waals surface area contributed by atoms with Crippen molar-refractivity contribution < 1.29 is 9.59 Å². The second kappa shape index (κ2) is 5.60. The number of Topliss-reactive ketones (excluding diaryl/α,β-unsaturated/α-hetero) is 1. The zero-order valence-corrected chi connectivity index (χ0v) is 13.9. The average Bonchev–Trinajstić information content (AvgIpc) is 3.10. The van der Waals surface area contributed by atoms with Gasteiger partial charge in [0.1, 0.15) is 5.78 Å². The molecule has 1 aromatic rings. The van der Waals surface area contributed by atoms with Gasteiger partial charge in [-0.05, 0) is 60.2 Å². The van der Waals surface area contributed by atoms with Gasteiger partial charge in [-0.1, -0.05) is 0 Å². The van der Waals surface area contributed by atoms with E-state index in [1.165, 1.54) is 11.3 Å². The molecule has 1 aromatic heterocycles. The predicted octanol–water partition coefficient (Wildman–Crippen LogP) is 3.79. The first-order chi connectivity index (χ1) is 9.58. The monoisotopic (exact) mass is 355 g/mol. The summed E-state index contributed by atoms with van der Waals surface area (Å²) in [6.07, 6.45) is 4.65. The number of hydrogen-bond donors (Lipinski definition) is 0. The molecule has 20 heavy (non-hydrogen) atoms. The van der Waals surface area contributed by atoms with Crippen LogP contribution >= 0.6 is 27.3 Å². The van der Waals surface area contributed by atoms with E-state index in [-0.39, 0.29) is 17.9 Å². The van der Waals surface area contributed by atoms with E-state index >= 15 is 0 Å². The van der Waals surface area contributed by atoms with Crippen molar-refractivity contribution in [2.75, 3.05) is 6.54 Å². The van der Waals surface area contributed by atoms with E-state index in [9.17, 15) is 9.59 Å². The molecule has 1 aliphatic carbocycles. The Morgan fingerprint density at radius 1 is 1.40 bits per heavy atom. The van der Waals surface area contributed by atoms with Crippen molar-refractivity contribution in [1.82, 2.24) is 4.90 Å². The second-order valence-corrected chi connectivity index (χ2v) is 8.11. The number of thiophene rings is 1. The van der Waals surface area contributed by atoms with E-state index in [1.807, 2.05) is 17.9 Å². The minimum absolute atomic E-state index is 0.0888. The number of hydrogen-bond acceptors (Lipinski definition) is 3. The van der Waals surface area contributed by atoms with Gasteiger partial charge in [0.05, 0.1) is 8.66 Å². The lowest BCUT2D eigenvalue weighted by atomic mass is 9.95. The molecule has 5 heteroatoms. The Morgan fingerprint density at radius 3 is 2.80 bits per heavy atom. The summed E-state index contributed by atoms with van der Waals surface area (Å²) in [5.41, 5.74) is 1.10. The lowest BCUT2D eigenvalue weighted by molar-refractivity contribution is -0.121. The first kappa shape index (κ1) is 14.3. The molecular formula is C15H18BrNO2S. The smallest absolute Gasteiger partial charge is 0.264 e. The third-order valence-electron chi connectivity index (χ3n) is 4.44. The molecule has 0 aromatic carbocycles. The van der Waals surface area contributed by atoms with E-state index in [4.69, 9.17) is 0 Å². The van der Waals surface area contributed by atoms with Crippen molar-refractivity contribution in [1.29, 1.82) is 0 Å². The standard InChI is InChI=1S/C15H18BrNO2S/c1-9-8-13(20-14(9)16)15(19)17-7-3-5-11(17)10-4-2-6-12(10)18/h8,10-11H,2-7H2,1H3. The van der Waals surface area contributed by atoms with Crippen molar-refractivity contribution in [2.45, 2.75) is 45.1 Å². The largest absolute Gasteiger partial charge is 0.334 e. The van der Waals surface area contributed by atoms with Gasteiger partial charge >= 0.3 is 0 Å². The zero-order valence-electron chi connectivity index (χ0n) is 11.5. The number of halogens is 1. The second-order valence-electron chi connectivity index (χ2n) is 5.74. The minimum atomic E-state index is 0.0888. The summed E-state index contributed by atoms with van der Waals surface area (Å²) in [7, 11) is 0. The fourth-order valence-electron chi connectivity index (χ4n) is 3.42. The summed E-state index contributed by atoms with van der Waals surface area (Å²) in [5, 5.41) is 0. The summed E-state index contributed by atoms with van der Waals surface area (Å²) in [6, 6.07) is 2.09. The van der Waals surface area contributed by atoms with Gasteiger partial charge in [-0.15, -0.1) is 11.3 Å². The molecule has 0 spiro atoms. The number of aryl methyl sites for hydroxylation is 1. The molecule has 2 unspecified atom stereocenters. The Balaban J connectivity index is 1.81. The highest BCUT2D eigenvalue weighted by molar-refractivity contribution is 9.11. The molecule has 1 amide bonds. The summed E-state index contributed by atoms with van der Waals surface area (Å²) >= 11 is 4.97. The number of likely N-dealkylation sites (tertiary alicyclic amines) is 1. The van der Waals surface area contributed by atoms with Crippen LogP contribution in [-0.2, 0) is 4.79 Å². The molecule has 2 atom stereocenters. The van der Waals surface area contributed by atoms with E-state index in [0.717, 1.165) is 46.5 Å². The number of carbonyl (C=O) groups excluding carboxylic acids is 2. The van der Waals surface area contributed by atoms with Gasteiger partial charge in [0.2, 0.25) is 0 Å². The topological polar surface area (TPSA) is 37.4 Å². The van der Waals surface area contributed by atoms with Crippen LogP contribution in [0, 0.1) is 12.8 Å². The Hall–Kier alpha value is -0.680. The van der Waals surface area contributed by atoms with E-state index in [1.54, 1.807) is 0 Å². The maximum absolute atomic E-state index is 12.7. The van der Waals surface area contributed by atoms with Crippen molar-refractivity contribution in [3.63, 3.8) is 0 Å². The molecule has 2 aliphatic rings. The fourth-order valence-corrected chi connectivity index (χ4v) is 4.91. The fraction of sp³-hybridized carbons (Fsp3) is 0.600. The van der Waals surface area contributed by atoms with Crippen LogP contribution in [0.15, 0.2) is 9.85 Å². The number of amides is 1. The van der Waals surface area contributed by atoms with Crippen molar-refractivity contribution in [3.05, 3.63) is 20.3 Å². The van der Waals surface area contributed by atoms with Crippen LogP contribution in [0.1, 0.15) is 47.3 Å². The van der Waals surface area contributed by atoms with Crippen LogP contribution in [0.4, 0.5) is 0 Å². The van der Waals surface area contributed by atoms with Crippen LogP contribution < -0.4 is 0 Å². The molecule has 1 aliphatic heterocycles. The SMILES string of the molecule is Cc1cc(C(=O)N2CCCC2C2CCCC2=O)sc1Br. The summed E-state index contributed by atoms with van der Waals surface area (Å²) in [4.78, 5) is 27.4. The lowest BCUT2D eigenvalue weighted by Crippen LogP contribution is -2.41.